The average molecular weight is 271 g/mol. The van der Waals surface area contributed by atoms with Gasteiger partial charge in [0, 0.05) is 6.42 Å². The van der Waals surface area contributed by atoms with Gasteiger partial charge in [-0.25, -0.2) is 4.79 Å². The summed E-state index contributed by atoms with van der Waals surface area (Å²) in [6.45, 7) is 3.49. The minimum Gasteiger partial charge on any atom is -0.478 e. The van der Waals surface area contributed by atoms with Crippen LogP contribution in [-0.2, 0) is 4.79 Å². The maximum atomic E-state index is 10.8. The lowest BCUT2D eigenvalue weighted by molar-refractivity contribution is -0.144. The molecule has 0 saturated heterocycles. The summed E-state index contributed by atoms with van der Waals surface area (Å²) >= 11 is 3.28. The van der Waals surface area contributed by atoms with Crippen LogP contribution in [-0.4, -0.2) is 17.2 Å². The second-order valence-electron chi connectivity index (χ2n) is 2.90. The number of carbonyl (C=O) groups is 1. The van der Waals surface area contributed by atoms with E-state index in [1.807, 2.05) is 6.07 Å². The third-order valence-electron chi connectivity index (χ3n) is 1.76. The Morgan fingerprint density at radius 1 is 1.60 bits per heavy atom. The second-order valence-corrected chi connectivity index (χ2v) is 3.75. The van der Waals surface area contributed by atoms with E-state index in [1.165, 1.54) is 6.08 Å². The van der Waals surface area contributed by atoms with E-state index in [0.717, 1.165) is 4.47 Å². The fraction of sp³-hybridized carbons (Fsp3) is 0.182. The highest BCUT2D eigenvalue weighted by atomic mass is 79.9. The van der Waals surface area contributed by atoms with Crippen molar-refractivity contribution in [2.75, 3.05) is 0 Å². The van der Waals surface area contributed by atoms with Gasteiger partial charge in [0.15, 0.2) is 6.10 Å². The SMILES string of the molecule is C=CCC(Oc1ccccc1Br)C(=O)O. The van der Waals surface area contributed by atoms with Gasteiger partial charge in [0.05, 0.1) is 4.47 Å². The molecular weight excluding hydrogens is 260 g/mol. The van der Waals surface area contributed by atoms with E-state index >= 15 is 0 Å². The second kappa shape index (κ2) is 5.56. The van der Waals surface area contributed by atoms with Crippen molar-refractivity contribution in [3.8, 4) is 5.75 Å². The molecule has 0 fully saturated rings. The summed E-state index contributed by atoms with van der Waals surface area (Å²) in [5.41, 5.74) is 0. The molecule has 3 nitrogen and oxygen atoms in total. The van der Waals surface area contributed by atoms with E-state index in [9.17, 15) is 4.79 Å². The highest BCUT2D eigenvalue weighted by Crippen LogP contribution is 2.25. The van der Waals surface area contributed by atoms with Crippen molar-refractivity contribution in [1.29, 1.82) is 0 Å². The molecule has 4 heteroatoms. The lowest BCUT2D eigenvalue weighted by Gasteiger charge is -2.14. The van der Waals surface area contributed by atoms with Crippen LogP contribution in [0.4, 0.5) is 0 Å². The molecule has 0 radical (unpaired) electrons. The predicted octanol–water partition coefficient (Wildman–Crippen LogP) is 2.86. The Morgan fingerprint density at radius 3 is 2.80 bits per heavy atom. The molecule has 1 unspecified atom stereocenters. The van der Waals surface area contributed by atoms with Crippen molar-refractivity contribution in [2.24, 2.45) is 0 Å². The van der Waals surface area contributed by atoms with Gasteiger partial charge in [0.1, 0.15) is 5.75 Å². The molecule has 1 aromatic carbocycles. The molecule has 0 aliphatic rings. The highest BCUT2D eigenvalue weighted by molar-refractivity contribution is 9.10. The van der Waals surface area contributed by atoms with Gasteiger partial charge < -0.3 is 9.84 Å². The normalized spacial score (nSPS) is 11.8. The first kappa shape index (κ1) is 11.8. The minimum absolute atomic E-state index is 0.274. The summed E-state index contributed by atoms with van der Waals surface area (Å²) in [5, 5.41) is 8.87. The number of rotatable bonds is 5. The Bertz CT molecular complexity index is 363. The maximum absolute atomic E-state index is 10.8. The van der Waals surface area contributed by atoms with Crippen molar-refractivity contribution < 1.29 is 14.6 Å². The molecule has 1 rings (SSSR count). The summed E-state index contributed by atoms with van der Waals surface area (Å²) in [5.74, 6) is -0.475. The van der Waals surface area contributed by atoms with Crippen LogP contribution in [0.3, 0.4) is 0 Å². The molecule has 1 aromatic rings. The summed E-state index contributed by atoms with van der Waals surface area (Å²) in [4.78, 5) is 10.8. The third-order valence-corrected chi connectivity index (χ3v) is 2.42. The molecule has 0 heterocycles. The van der Waals surface area contributed by atoms with Crippen molar-refractivity contribution in [3.63, 3.8) is 0 Å². The van der Waals surface area contributed by atoms with Gasteiger partial charge in [-0.1, -0.05) is 18.2 Å². The summed E-state index contributed by atoms with van der Waals surface area (Å²) in [6.07, 6.45) is 0.910. The standard InChI is InChI=1S/C11H11BrO3/c1-2-5-10(11(13)14)15-9-7-4-3-6-8(9)12/h2-4,6-7,10H,1,5H2,(H,13,14). The number of hydrogen-bond donors (Lipinski definition) is 1. The van der Waals surface area contributed by atoms with Gasteiger partial charge in [-0.05, 0) is 28.1 Å². The first-order chi connectivity index (χ1) is 7.15. The molecule has 15 heavy (non-hydrogen) atoms. The summed E-state index contributed by atoms with van der Waals surface area (Å²) in [6, 6.07) is 7.12. The van der Waals surface area contributed by atoms with Crippen LogP contribution in [0.2, 0.25) is 0 Å². The Morgan fingerprint density at radius 2 is 2.27 bits per heavy atom. The van der Waals surface area contributed by atoms with E-state index in [-0.39, 0.29) is 6.42 Å². The van der Waals surface area contributed by atoms with Crippen LogP contribution in [0.25, 0.3) is 0 Å². The fourth-order valence-corrected chi connectivity index (χ4v) is 1.42. The zero-order valence-corrected chi connectivity index (χ0v) is 9.61. The monoisotopic (exact) mass is 270 g/mol. The van der Waals surface area contributed by atoms with Gasteiger partial charge in [-0.15, -0.1) is 6.58 Å². The van der Waals surface area contributed by atoms with Crippen molar-refractivity contribution in [1.82, 2.24) is 0 Å². The molecule has 1 N–H and O–H groups in total. The van der Waals surface area contributed by atoms with Crippen LogP contribution >= 0.6 is 15.9 Å². The number of ether oxygens (including phenoxy) is 1. The zero-order chi connectivity index (χ0) is 11.3. The highest BCUT2D eigenvalue weighted by Gasteiger charge is 2.18. The molecule has 0 amide bonds. The number of para-hydroxylation sites is 1. The molecule has 0 bridgehead atoms. The Balaban J connectivity index is 2.78. The lowest BCUT2D eigenvalue weighted by Crippen LogP contribution is -2.26. The van der Waals surface area contributed by atoms with Gasteiger partial charge in [-0.2, -0.15) is 0 Å². The number of aliphatic carboxylic acids is 1. The van der Waals surface area contributed by atoms with Crippen molar-refractivity contribution >= 4 is 21.9 Å². The number of carboxylic acid groups (broad SMARTS) is 1. The van der Waals surface area contributed by atoms with Gasteiger partial charge in [0.25, 0.3) is 0 Å². The maximum Gasteiger partial charge on any atom is 0.345 e. The van der Waals surface area contributed by atoms with Crippen LogP contribution in [0.5, 0.6) is 5.75 Å². The Kier molecular flexibility index (Phi) is 4.37. The molecular formula is C11H11BrO3. The Hall–Kier alpha value is -1.29. The predicted molar refractivity (Wildman–Crippen MR) is 61.0 cm³/mol. The van der Waals surface area contributed by atoms with E-state index in [2.05, 4.69) is 22.5 Å². The van der Waals surface area contributed by atoms with E-state index in [4.69, 9.17) is 9.84 Å². The topological polar surface area (TPSA) is 46.5 Å². The number of benzene rings is 1. The third kappa shape index (κ3) is 3.40. The fourth-order valence-electron chi connectivity index (χ4n) is 1.04. The minimum atomic E-state index is -0.995. The molecule has 0 aliphatic heterocycles. The Labute approximate surface area is 96.5 Å². The van der Waals surface area contributed by atoms with Crippen molar-refractivity contribution in [2.45, 2.75) is 12.5 Å². The molecule has 0 spiro atoms. The molecule has 0 aromatic heterocycles. The number of carboxylic acids is 1. The first-order valence-corrected chi connectivity index (χ1v) is 5.19. The van der Waals surface area contributed by atoms with Gasteiger partial charge in [-0.3, -0.25) is 0 Å². The summed E-state index contributed by atoms with van der Waals surface area (Å²) in [7, 11) is 0. The van der Waals surface area contributed by atoms with Crippen LogP contribution in [0.15, 0.2) is 41.4 Å². The van der Waals surface area contributed by atoms with Crippen molar-refractivity contribution in [3.05, 3.63) is 41.4 Å². The first-order valence-electron chi connectivity index (χ1n) is 4.40. The molecule has 1 atom stereocenters. The molecule has 80 valence electrons. The van der Waals surface area contributed by atoms with E-state index in [0.29, 0.717) is 5.75 Å². The summed E-state index contributed by atoms with van der Waals surface area (Å²) < 4.78 is 6.07. The quantitative estimate of drug-likeness (QED) is 0.837. The van der Waals surface area contributed by atoms with Gasteiger partial charge >= 0.3 is 5.97 Å². The van der Waals surface area contributed by atoms with Crippen LogP contribution < -0.4 is 4.74 Å². The zero-order valence-electron chi connectivity index (χ0n) is 8.02. The molecule has 0 aliphatic carbocycles. The molecule has 0 saturated carbocycles. The van der Waals surface area contributed by atoms with Crippen LogP contribution in [0.1, 0.15) is 6.42 Å². The number of hydrogen-bond acceptors (Lipinski definition) is 2. The number of halogens is 1. The van der Waals surface area contributed by atoms with E-state index < -0.39 is 12.1 Å². The van der Waals surface area contributed by atoms with Gasteiger partial charge in [0.2, 0.25) is 0 Å². The smallest absolute Gasteiger partial charge is 0.345 e. The van der Waals surface area contributed by atoms with E-state index in [1.54, 1.807) is 18.2 Å². The lowest BCUT2D eigenvalue weighted by atomic mass is 10.2. The average Bonchev–Trinajstić information content (AvgIpc) is 2.20. The largest absolute Gasteiger partial charge is 0.478 e. The van der Waals surface area contributed by atoms with Crippen LogP contribution in [0, 0.1) is 0 Å².